The van der Waals surface area contributed by atoms with Crippen LogP contribution >= 0.6 is 0 Å². The predicted octanol–water partition coefficient (Wildman–Crippen LogP) is 3.12. The molecule has 0 spiro atoms. The highest BCUT2D eigenvalue weighted by Crippen LogP contribution is 2.23. The normalized spacial score (nSPS) is 17.6. The average molecular weight is 332 g/mol. The van der Waals surface area contributed by atoms with Crippen molar-refractivity contribution in [2.75, 3.05) is 13.1 Å². The van der Waals surface area contributed by atoms with Crippen molar-refractivity contribution in [1.82, 2.24) is 19.9 Å². The van der Waals surface area contributed by atoms with Gasteiger partial charge in [-0.1, -0.05) is 18.2 Å². The Balaban J connectivity index is 1.46. The Morgan fingerprint density at radius 3 is 2.84 bits per heavy atom. The molecule has 0 radical (unpaired) electrons. The molecule has 1 saturated heterocycles. The minimum Gasteiger partial charge on any atom is -0.336 e. The number of para-hydroxylation sites is 1. The summed E-state index contributed by atoms with van der Waals surface area (Å²) < 4.78 is 0. The van der Waals surface area contributed by atoms with Crippen molar-refractivity contribution < 1.29 is 4.79 Å². The molecule has 3 aromatic rings. The van der Waals surface area contributed by atoms with Crippen LogP contribution in [0, 0.1) is 5.92 Å². The first-order chi connectivity index (χ1) is 12.3. The van der Waals surface area contributed by atoms with Crippen LogP contribution in [0.3, 0.4) is 0 Å². The summed E-state index contributed by atoms with van der Waals surface area (Å²) in [5.74, 6) is 0.668. The molecule has 0 saturated carbocycles. The van der Waals surface area contributed by atoms with Crippen LogP contribution in [0.5, 0.6) is 0 Å². The van der Waals surface area contributed by atoms with Gasteiger partial charge < -0.3 is 4.90 Å². The number of hydrogen-bond acceptors (Lipinski definition) is 4. The lowest BCUT2D eigenvalue weighted by Gasteiger charge is -2.32. The minimum absolute atomic E-state index is 0.0677. The fraction of sp³-hybridized carbons (Fsp3) is 0.300. The molecular weight excluding hydrogens is 312 g/mol. The Labute approximate surface area is 146 Å². The second-order valence-electron chi connectivity index (χ2n) is 6.57. The van der Waals surface area contributed by atoms with Crippen LogP contribution < -0.4 is 0 Å². The van der Waals surface area contributed by atoms with Crippen molar-refractivity contribution in [1.29, 1.82) is 0 Å². The van der Waals surface area contributed by atoms with Crippen molar-refractivity contribution in [2.24, 2.45) is 5.92 Å². The van der Waals surface area contributed by atoms with E-state index in [-0.39, 0.29) is 11.7 Å². The highest BCUT2D eigenvalue weighted by atomic mass is 16.2. The van der Waals surface area contributed by atoms with Crippen molar-refractivity contribution >= 4 is 16.8 Å². The second kappa shape index (κ2) is 6.97. The third kappa shape index (κ3) is 3.50. The molecule has 4 rings (SSSR count). The lowest BCUT2D eigenvalue weighted by Crippen LogP contribution is -2.41. The van der Waals surface area contributed by atoms with Crippen LogP contribution in [-0.2, 0) is 6.42 Å². The molecule has 1 aliphatic rings. The van der Waals surface area contributed by atoms with Gasteiger partial charge in [0.1, 0.15) is 0 Å². The summed E-state index contributed by atoms with van der Waals surface area (Å²) in [5, 5.41) is 1.17. The summed E-state index contributed by atoms with van der Waals surface area (Å²) in [6, 6.07) is 12.1. The molecule has 5 nitrogen and oxygen atoms in total. The number of amides is 1. The van der Waals surface area contributed by atoms with Gasteiger partial charge in [-0.15, -0.1) is 0 Å². The van der Waals surface area contributed by atoms with Gasteiger partial charge in [0.2, 0.25) is 5.82 Å². The number of piperidine rings is 1. The van der Waals surface area contributed by atoms with E-state index in [1.165, 1.54) is 10.9 Å². The van der Waals surface area contributed by atoms with Crippen LogP contribution in [0.25, 0.3) is 10.9 Å². The molecule has 1 fully saturated rings. The van der Waals surface area contributed by atoms with E-state index >= 15 is 0 Å². The van der Waals surface area contributed by atoms with Gasteiger partial charge >= 0.3 is 0 Å². The summed E-state index contributed by atoms with van der Waals surface area (Å²) in [7, 11) is 0. The molecular formula is C20H20N4O. The number of likely N-dealkylation sites (tertiary alicyclic amines) is 1. The van der Waals surface area contributed by atoms with E-state index in [0.717, 1.165) is 37.9 Å². The van der Waals surface area contributed by atoms with Crippen LogP contribution in [0.2, 0.25) is 0 Å². The number of nitrogens with zero attached hydrogens (tertiary/aromatic N) is 4. The number of rotatable bonds is 3. The number of aromatic nitrogens is 3. The quantitative estimate of drug-likeness (QED) is 0.739. The van der Waals surface area contributed by atoms with E-state index in [0.29, 0.717) is 5.92 Å². The second-order valence-corrected chi connectivity index (χ2v) is 6.57. The van der Waals surface area contributed by atoms with E-state index < -0.39 is 0 Å². The number of pyridine rings is 1. The standard InChI is InChI=1S/C20H20N4O/c25-20(19-21-8-4-9-22-19)24-10-3-5-15(14-24)11-16-12-17-6-1-2-7-18(17)23-13-16/h1-2,4,6-9,12-13,15H,3,5,10-11,14H2. The van der Waals surface area contributed by atoms with Gasteiger partial charge in [-0.3, -0.25) is 9.78 Å². The van der Waals surface area contributed by atoms with E-state index in [1.807, 2.05) is 29.3 Å². The number of carbonyl (C=O) groups is 1. The molecule has 0 aliphatic carbocycles. The van der Waals surface area contributed by atoms with Gasteiger partial charge in [0.15, 0.2) is 0 Å². The van der Waals surface area contributed by atoms with Crippen LogP contribution in [0.1, 0.15) is 29.0 Å². The Bertz CT molecular complexity index is 881. The van der Waals surface area contributed by atoms with E-state index in [2.05, 4.69) is 27.1 Å². The topological polar surface area (TPSA) is 59.0 Å². The zero-order valence-corrected chi connectivity index (χ0v) is 14.0. The average Bonchev–Trinajstić information content (AvgIpc) is 2.68. The summed E-state index contributed by atoms with van der Waals surface area (Å²) in [6.07, 6.45) is 8.28. The molecule has 1 aliphatic heterocycles. The first-order valence-electron chi connectivity index (χ1n) is 8.69. The van der Waals surface area contributed by atoms with Crippen LogP contribution in [-0.4, -0.2) is 38.8 Å². The maximum atomic E-state index is 12.6. The molecule has 1 unspecified atom stereocenters. The first-order valence-corrected chi connectivity index (χ1v) is 8.69. The van der Waals surface area contributed by atoms with E-state index in [4.69, 9.17) is 0 Å². The lowest BCUT2D eigenvalue weighted by molar-refractivity contribution is 0.0661. The third-order valence-corrected chi connectivity index (χ3v) is 4.73. The number of hydrogen-bond donors (Lipinski definition) is 0. The number of fused-ring (bicyclic) bond motifs is 1. The molecule has 126 valence electrons. The fourth-order valence-corrected chi connectivity index (χ4v) is 3.53. The molecule has 25 heavy (non-hydrogen) atoms. The summed E-state index contributed by atoms with van der Waals surface area (Å²) in [4.78, 5) is 27.2. The van der Waals surface area contributed by atoms with Gasteiger partial charge in [-0.25, -0.2) is 9.97 Å². The van der Waals surface area contributed by atoms with E-state index in [9.17, 15) is 4.79 Å². The Hall–Kier alpha value is -2.82. The SMILES string of the molecule is O=C(c1ncccn1)N1CCCC(Cc2cnc3ccccc3c2)C1. The molecule has 0 N–H and O–H groups in total. The zero-order chi connectivity index (χ0) is 17.1. The number of carbonyl (C=O) groups excluding carboxylic acids is 1. The monoisotopic (exact) mass is 332 g/mol. The maximum Gasteiger partial charge on any atom is 0.291 e. The van der Waals surface area contributed by atoms with E-state index in [1.54, 1.807) is 18.5 Å². The lowest BCUT2D eigenvalue weighted by atomic mass is 9.91. The first kappa shape index (κ1) is 15.7. The molecule has 1 aromatic carbocycles. The largest absolute Gasteiger partial charge is 0.336 e. The third-order valence-electron chi connectivity index (χ3n) is 4.73. The predicted molar refractivity (Wildman–Crippen MR) is 96.1 cm³/mol. The van der Waals surface area contributed by atoms with Gasteiger partial charge in [0.05, 0.1) is 5.52 Å². The molecule has 5 heteroatoms. The molecule has 1 amide bonds. The van der Waals surface area contributed by atoms with Crippen molar-refractivity contribution in [2.45, 2.75) is 19.3 Å². The summed E-state index contributed by atoms with van der Waals surface area (Å²) in [5.41, 5.74) is 2.25. The number of benzene rings is 1. The Kier molecular flexibility index (Phi) is 4.37. The van der Waals surface area contributed by atoms with Gasteiger partial charge in [-0.05, 0) is 48.9 Å². The van der Waals surface area contributed by atoms with Gasteiger partial charge in [-0.2, -0.15) is 0 Å². The molecule has 1 atom stereocenters. The summed E-state index contributed by atoms with van der Waals surface area (Å²) >= 11 is 0. The molecule has 2 aromatic heterocycles. The maximum absolute atomic E-state index is 12.6. The van der Waals surface area contributed by atoms with Crippen LogP contribution in [0.4, 0.5) is 0 Å². The molecule has 0 bridgehead atoms. The van der Waals surface area contributed by atoms with Gasteiger partial charge in [0.25, 0.3) is 5.91 Å². The van der Waals surface area contributed by atoms with Crippen molar-refractivity contribution in [3.05, 3.63) is 66.4 Å². The Morgan fingerprint density at radius 2 is 1.96 bits per heavy atom. The fourth-order valence-electron chi connectivity index (χ4n) is 3.53. The molecule has 3 heterocycles. The highest BCUT2D eigenvalue weighted by molar-refractivity contribution is 5.90. The van der Waals surface area contributed by atoms with Crippen molar-refractivity contribution in [3.8, 4) is 0 Å². The highest BCUT2D eigenvalue weighted by Gasteiger charge is 2.26. The Morgan fingerprint density at radius 1 is 1.12 bits per heavy atom. The minimum atomic E-state index is -0.0677. The summed E-state index contributed by atoms with van der Waals surface area (Å²) in [6.45, 7) is 1.54. The zero-order valence-electron chi connectivity index (χ0n) is 14.0. The van der Waals surface area contributed by atoms with Gasteiger partial charge in [0, 0.05) is 37.1 Å². The van der Waals surface area contributed by atoms with Crippen molar-refractivity contribution in [3.63, 3.8) is 0 Å². The smallest absolute Gasteiger partial charge is 0.291 e. The van der Waals surface area contributed by atoms with Crippen LogP contribution in [0.15, 0.2) is 55.0 Å².